The fourth-order valence-corrected chi connectivity index (χ4v) is 8.31. The summed E-state index contributed by atoms with van der Waals surface area (Å²) in [5, 5.41) is 86.8. The van der Waals surface area contributed by atoms with Crippen LogP contribution in [0.2, 0.25) is 0 Å². The van der Waals surface area contributed by atoms with Crippen LogP contribution in [0.15, 0.2) is 60.8 Å². The van der Waals surface area contributed by atoms with Crippen molar-refractivity contribution in [1.82, 2.24) is 5.32 Å². The summed E-state index contributed by atoms with van der Waals surface area (Å²) in [4.78, 5) is 13.2. The van der Waals surface area contributed by atoms with E-state index in [-0.39, 0.29) is 18.9 Å². The van der Waals surface area contributed by atoms with Gasteiger partial charge in [0.15, 0.2) is 12.6 Å². The molecule has 0 saturated carbocycles. The third-order valence-corrected chi connectivity index (χ3v) is 12.7. The quantitative estimate of drug-likeness (QED) is 0.0215. The molecule has 0 spiro atoms. The van der Waals surface area contributed by atoms with Crippen molar-refractivity contribution in [3.05, 3.63) is 60.8 Å². The largest absolute Gasteiger partial charge is 0.394 e. The maximum absolute atomic E-state index is 13.2. The Kier molecular flexibility index (Phi) is 36.6. The predicted octanol–water partition coefficient (Wildman–Crippen LogP) is 7.44. The lowest BCUT2D eigenvalue weighted by molar-refractivity contribution is -0.359. The van der Waals surface area contributed by atoms with E-state index in [1.165, 1.54) is 83.5 Å². The summed E-state index contributed by atoms with van der Waals surface area (Å²) < 4.78 is 22.7. The van der Waals surface area contributed by atoms with E-state index < -0.39 is 86.8 Å². The van der Waals surface area contributed by atoms with Crippen LogP contribution < -0.4 is 5.32 Å². The van der Waals surface area contributed by atoms with Crippen LogP contribution in [0.25, 0.3) is 0 Å². The summed E-state index contributed by atoms with van der Waals surface area (Å²) >= 11 is 0. The van der Waals surface area contributed by atoms with Crippen LogP contribution in [0.5, 0.6) is 0 Å². The van der Waals surface area contributed by atoms with Crippen LogP contribution in [0.3, 0.4) is 0 Å². The first kappa shape index (κ1) is 61.8. The van der Waals surface area contributed by atoms with E-state index in [4.69, 9.17) is 18.9 Å². The minimum Gasteiger partial charge on any atom is -0.394 e. The number of nitrogens with one attached hydrogen (secondary N) is 1. The van der Waals surface area contributed by atoms with Gasteiger partial charge in [-0.05, 0) is 70.6 Å². The fraction of sp³-hybridized carbons (Fsp3) is 0.796. The molecule has 2 rings (SSSR count). The molecule has 12 atom stereocenters. The number of aliphatic hydroxyl groups excluding tert-OH is 8. The van der Waals surface area contributed by atoms with Crippen molar-refractivity contribution < 1.29 is 64.6 Å². The number of hydrogen-bond acceptors (Lipinski definition) is 13. The zero-order valence-electron chi connectivity index (χ0n) is 41.8. The molecule has 0 bridgehead atoms. The van der Waals surface area contributed by atoms with Gasteiger partial charge >= 0.3 is 0 Å². The molecule has 9 N–H and O–H groups in total. The zero-order chi connectivity index (χ0) is 49.6. The Morgan fingerprint density at radius 3 is 1.57 bits per heavy atom. The first-order valence-electron chi connectivity index (χ1n) is 26.5. The molecule has 0 radical (unpaired) electrons. The van der Waals surface area contributed by atoms with Crippen molar-refractivity contribution in [3.8, 4) is 0 Å². The van der Waals surface area contributed by atoms with E-state index in [1.807, 2.05) is 6.08 Å². The second-order valence-corrected chi connectivity index (χ2v) is 18.6. The lowest BCUT2D eigenvalue weighted by Crippen LogP contribution is -2.65. The highest BCUT2D eigenvalue weighted by Crippen LogP contribution is 2.30. The van der Waals surface area contributed by atoms with Gasteiger partial charge in [0, 0.05) is 6.42 Å². The molecule has 0 aromatic carbocycles. The Morgan fingerprint density at radius 2 is 0.985 bits per heavy atom. The number of carbonyl (C=O) groups excluding carboxylic acids is 1. The Morgan fingerprint density at radius 1 is 0.529 bits per heavy atom. The second kappa shape index (κ2) is 40.3. The molecule has 14 nitrogen and oxygen atoms in total. The summed E-state index contributed by atoms with van der Waals surface area (Å²) in [7, 11) is 0. The maximum Gasteiger partial charge on any atom is 0.220 e. The number of ether oxygens (including phenoxy) is 4. The molecule has 2 aliphatic rings. The Hall–Kier alpha value is -2.31. The van der Waals surface area contributed by atoms with Gasteiger partial charge in [-0.25, -0.2) is 0 Å². The molecular weight excluding hydrogens is 871 g/mol. The highest BCUT2D eigenvalue weighted by Gasteiger charge is 2.51. The van der Waals surface area contributed by atoms with E-state index in [1.54, 1.807) is 6.08 Å². The van der Waals surface area contributed by atoms with Crippen molar-refractivity contribution >= 4 is 5.91 Å². The van der Waals surface area contributed by atoms with E-state index in [0.29, 0.717) is 12.8 Å². The Balaban J connectivity index is 1.85. The van der Waals surface area contributed by atoms with Crippen LogP contribution >= 0.6 is 0 Å². The standard InChI is InChI=1S/C54H95NO13/c1-3-5-7-9-11-13-15-17-19-20-21-22-24-26-28-30-32-34-36-38-46(59)55-42(43(58)37-35-33-31-29-27-25-23-18-16-14-12-10-8-6-4-2)41-65-53-51(64)49(62)52(45(40-57)67-53)68-54-50(63)48(61)47(60)44(39-56)66-54/h11,13,17,19,21-22,27,29,35,37,42-45,47-54,56-58,60-64H,3-10,12,14-16,18,20,23-26,28,30-34,36,38-41H2,1-2H3,(H,55,59)/b13-11-,19-17-,22-21-,29-27+,37-35+. The lowest BCUT2D eigenvalue weighted by Gasteiger charge is -2.46. The lowest BCUT2D eigenvalue weighted by atomic mass is 9.97. The van der Waals surface area contributed by atoms with E-state index >= 15 is 0 Å². The third-order valence-electron chi connectivity index (χ3n) is 12.7. The molecule has 1 amide bonds. The van der Waals surface area contributed by atoms with Crippen molar-refractivity contribution in [3.63, 3.8) is 0 Å². The van der Waals surface area contributed by atoms with Crippen molar-refractivity contribution in [2.75, 3.05) is 19.8 Å². The third kappa shape index (κ3) is 26.8. The van der Waals surface area contributed by atoms with Gasteiger partial charge in [0.25, 0.3) is 0 Å². The molecule has 2 fully saturated rings. The number of unbranched alkanes of at least 4 members (excludes halogenated alkanes) is 19. The molecule has 0 aromatic heterocycles. The Labute approximate surface area is 409 Å². The van der Waals surface area contributed by atoms with Crippen LogP contribution in [-0.4, -0.2) is 140 Å². The second-order valence-electron chi connectivity index (χ2n) is 18.6. The Bertz CT molecular complexity index is 1370. The number of aliphatic hydroxyl groups is 8. The number of allylic oxidation sites excluding steroid dienone is 9. The van der Waals surface area contributed by atoms with Crippen LogP contribution in [-0.2, 0) is 23.7 Å². The smallest absolute Gasteiger partial charge is 0.220 e. The van der Waals surface area contributed by atoms with E-state index in [0.717, 1.165) is 64.2 Å². The van der Waals surface area contributed by atoms with Gasteiger partial charge in [0.05, 0.1) is 32.0 Å². The van der Waals surface area contributed by atoms with Gasteiger partial charge in [-0.15, -0.1) is 0 Å². The van der Waals surface area contributed by atoms with Gasteiger partial charge in [-0.1, -0.05) is 164 Å². The summed E-state index contributed by atoms with van der Waals surface area (Å²) in [5.41, 5.74) is 0. The van der Waals surface area contributed by atoms with Gasteiger partial charge in [0.2, 0.25) is 5.91 Å². The highest BCUT2D eigenvalue weighted by atomic mass is 16.7. The summed E-state index contributed by atoms with van der Waals surface area (Å²) in [6.07, 6.45) is 32.5. The summed E-state index contributed by atoms with van der Waals surface area (Å²) in [6.45, 7) is 2.71. The minimum absolute atomic E-state index is 0.256. The number of hydrogen-bond donors (Lipinski definition) is 9. The zero-order valence-corrected chi connectivity index (χ0v) is 41.8. The molecule has 2 heterocycles. The van der Waals surface area contributed by atoms with Gasteiger partial charge in [-0.3, -0.25) is 4.79 Å². The molecule has 2 saturated heterocycles. The van der Waals surface area contributed by atoms with Crippen molar-refractivity contribution in [2.45, 2.75) is 254 Å². The molecule has 394 valence electrons. The van der Waals surface area contributed by atoms with Crippen LogP contribution in [0.4, 0.5) is 0 Å². The van der Waals surface area contributed by atoms with Crippen LogP contribution in [0.1, 0.15) is 181 Å². The van der Waals surface area contributed by atoms with E-state index in [9.17, 15) is 45.6 Å². The topological polar surface area (TPSA) is 228 Å². The monoisotopic (exact) mass is 966 g/mol. The molecular formula is C54H95NO13. The number of amides is 1. The summed E-state index contributed by atoms with van der Waals surface area (Å²) in [6, 6.07) is -0.940. The fourth-order valence-electron chi connectivity index (χ4n) is 8.31. The molecule has 14 heteroatoms. The summed E-state index contributed by atoms with van der Waals surface area (Å²) in [5.74, 6) is -0.265. The van der Waals surface area contributed by atoms with Gasteiger partial charge in [-0.2, -0.15) is 0 Å². The van der Waals surface area contributed by atoms with Gasteiger partial charge in [0.1, 0.15) is 48.8 Å². The molecule has 2 aliphatic heterocycles. The maximum atomic E-state index is 13.2. The van der Waals surface area contributed by atoms with Crippen LogP contribution in [0, 0.1) is 0 Å². The normalized spacial score (nSPS) is 26.9. The average molecular weight is 966 g/mol. The molecule has 0 aromatic rings. The number of rotatable bonds is 40. The highest BCUT2D eigenvalue weighted by molar-refractivity contribution is 5.76. The molecule has 12 unspecified atom stereocenters. The SMILES string of the molecule is CCCCC/C=C\C/C=C\C/C=C\CCCCCCCCC(=O)NC(COC1OC(CO)C(OC2OC(CO)C(O)C(O)C2O)C(O)C1O)C(O)/C=C/CC/C=C/CCCCCCCCCCC. The minimum atomic E-state index is -1.79. The van der Waals surface area contributed by atoms with E-state index in [2.05, 4.69) is 67.8 Å². The predicted molar refractivity (Wildman–Crippen MR) is 267 cm³/mol. The average Bonchev–Trinajstić information content (AvgIpc) is 3.34. The number of carbonyl (C=O) groups is 1. The first-order chi connectivity index (χ1) is 33.1. The molecule has 0 aliphatic carbocycles. The van der Waals surface area contributed by atoms with Gasteiger partial charge < -0.3 is 65.1 Å². The first-order valence-corrected chi connectivity index (χ1v) is 26.5. The molecule has 68 heavy (non-hydrogen) atoms. The van der Waals surface area contributed by atoms with Crippen molar-refractivity contribution in [2.24, 2.45) is 0 Å². The van der Waals surface area contributed by atoms with Crippen molar-refractivity contribution in [1.29, 1.82) is 0 Å².